The summed E-state index contributed by atoms with van der Waals surface area (Å²) in [6.07, 6.45) is -0.502. The van der Waals surface area contributed by atoms with E-state index < -0.39 is 23.9 Å². The Morgan fingerprint density at radius 2 is 1.00 bits per heavy atom. The second kappa shape index (κ2) is 16.5. The van der Waals surface area contributed by atoms with Crippen LogP contribution >= 0.6 is 24.4 Å². The van der Waals surface area contributed by atoms with Gasteiger partial charge in [0.1, 0.15) is 0 Å². The zero-order valence-electron chi connectivity index (χ0n) is 15.0. The molecular formula is C16H18MgO8S2. The zero-order chi connectivity index (χ0) is 20.9. The van der Waals surface area contributed by atoms with Gasteiger partial charge in [-0.1, -0.05) is 13.2 Å². The quantitative estimate of drug-likeness (QED) is 0.217. The third-order valence-corrected chi connectivity index (χ3v) is 2.75. The van der Waals surface area contributed by atoms with Gasteiger partial charge in [0, 0.05) is 35.9 Å². The summed E-state index contributed by atoms with van der Waals surface area (Å²) in [5.41, 5.74) is 0.437. The molecule has 0 amide bonds. The summed E-state index contributed by atoms with van der Waals surface area (Å²) in [4.78, 5) is 41.6. The summed E-state index contributed by atoms with van der Waals surface area (Å²) >= 11 is 9.19. The van der Waals surface area contributed by atoms with Crippen molar-refractivity contribution in [3.05, 3.63) is 24.3 Å². The number of carboxylic acid groups (broad SMARTS) is 2. The van der Waals surface area contributed by atoms with Crippen molar-refractivity contribution >= 4 is 81.5 Å². The van der Waals surface area contributed by atoms with Crippen molar-refractivity contribution < 1.29 is 38.9 Å². The third-order valence-electron chi connectivity index (χ3n) is 2.18. The summed E-state index contributed by atoms with van der Waals surface area (Å²) < 4.78 is 9.13. The Morgan fingerprint density at radius 3 is 1.19 bits per heavy atom. The Morgan fingerprint density at radius 1 is 0.741 bits per heavy atom. The first-order chi connectivity index (χ1) is 11.9. The first-order valence-corrected chi connectivity index (χ1v) is 7.89. The summed E-state index contributed by atoms with van der Waals surface area (Å²) in [7, 11) is 0. The van der Waals surface area contributed by atoms with Gasteiger partial charge in [0.05, 0.1) is 0 Å². The fraction of sp³-hybridized carbons (Fsp3) is 0.375. The zero-order valence-corrected chi connectivity index (χ0v) is 18.1. The maximum absolute atomic E-state index is 10.8. The van der Waals surface area contributed by atoms with E-state index in [0.717, 1.165) is 0 Å². The van der Waals surface area contributed by atoms with Crippen molar-refractivity contribution in [2.75, 3.05) is 0 Å². The van der Waals surface area contributed by atoms with E-state index in [1.165, 1.54) is 13.8 Å². The SMILES string of the molecule is C=C(C)C(=O)OC(=S)CCC(=O)[O-].C=C(C)C(=O)OC(=S)CCC(=O)[O-].[Mg+2]. The number of hydrogen-bond acceptors (Lipinski definition) is 10. The van der Waals surface area contributed by atoms with Crippen molar-refractivity contribution in [3.8, 4) is 0 Å². The van der Waals surface area contributed by atoms with Crippen LogP contribution < -0.4 is 10.2 Å². The molecule has 0 rings (SSSR count). The molecule has 0 aliphatic heterocycles. The topological polar surface area (TPSA) is 133 Å². The van der Waals surface area contributed by atoms with E-state index >= 15 is 0 Å². The summed E-state index contributed by atoms with van der Waals surface area (Å²) in [6, 6.07) is 0. The molecule has 0 aromatic carbocycles. The number of carbonyl (C=O) groups is 4. The third kappa shape index (κ3) is 20.5. The van der Waals surface area contributed by atoms with Crippen molar-refractivity contribution in [1.29, 1.82) is 0 Å². The van der Waals surface area contributed by atoms with Crippen LogP contribution in [-0.2, 0) is 28.7 Å². The minimum atomic E-state index is -1.23. The van der Waals surface area contributed by atoms with Gasteiger partial charge in [0.2, 0.25) is 0 Å². The molecule has 0 aliphatic carbocycles. The van der Waals surface area contributed by atoms with Crippen LogP contribution in [0.5, 0.6) is 0 Å². The first-order valence-electron chi connectivity index (χ1n) is 7.07. The molecule has 144 valence electrons. The monoisotopic (exact) mass is 426 g/mol. The molecule has 0 saturated carbocycles. The summed E-state index contributed by atoms with van der Waals surface area (Å²) in [5, 5.41) is 19.9. The van der Waals surface area contributed by atoms with E-state index in [1.54, 1.807) is 0 Å². The van der Waals surface area contributed by atoms with Crippen LogP contribution in [0.25, 0.3) is 0 Å². The van der Waals surface area contributed by atoms with Crippen molar-refractivity contribution in [3.63, 3.8) is 0 Å². The number of thiocarbonyl (C=S) groups is 2. The van der Waals surface area contributed by atoms with Crippen molar-refractivity contribution in [2.24, 2.45) is 0 Å². The molecule has 27 heavy (non-hydrogen) atoms. The molecule has 0 heterocycles. The number of hydrogen-bond donors (Lipinski definition) is 0. The van der Waals surface area contributed by atoms with E-state index in [0.29, 0.717) is 0 Å². The van der Waals surface area contributed by atoms with E-state index in [4.69, 9.17) is 0 Å². The number of carbonyl (C=O) groups excluding carboxylic acids is 4. The van der Waals surface area contributed by atoms with Gasteiger partial charge < -0.3 is 29.3 Å². The second-order valence-electron chi connectivity index (χ2n) is 4.83. The molecule has 8 nitrogen and oxygen atoms in total. The number of aliphatic carboxylic acids is 2. The van der Waals surface area contributed by atoms with E-state index in [2.05, 4.69) is 47.1 Å². The van der Waals surface area contributed by atoms with Crippen LogP contribution in [0.4, 0.5) is 0 Å². The molecule has 0 aliphatic rings. The van der Waals surface area contributed by atoms with Crippen molar-refractivity contribution in [2.45, 2.75) is 39.5 Å². The molecule has 0 unspecified atom stereocenters. The largest absolute Gasteiger partial charge is 2.00 e. The minimum Gasteiger partial charge on any atom is -0.550 e. The molecule has 0 N–H and O–H groups in total. The first kappa shape index (κ1) is 30.0. The van der Waals surface area contributed by atoms with Gasteiger partial charge >= 0.3 is 35.0 Å². The van der Waals surface area contributed by atoms with Gasteiger partial charge in [0.25, 0.3) is 0 Å². The Balaban J connectivity index is -0.000000411. The van der Waals surface area contributed by atoms with Crippen LogP contribution in [0, 0.1) is 0 Å². The Hall–Kier alpha value is -1.69. The smallest absolute Gasteiger partial charge is 0.550 e. The fourth-order valence-corrected chi connectivity index (χ4v) is 1.25. The van der Waals surface area contributed by atoms with Crippen molar-refractivity contribution in [1.82, 2.24) is 0 Å². The number of ether oxygens (including phenoxy) is 2. The fourth-order valence-electron chi connectivity index (χ4n) is 0.891. The van der Waals surface area contributed by atoms with Crippen LogP contribution in [0.1, 0.15) is 39.5 Å². The molecule has 0 fully saturated rings. The van der Waals surface area contributed by atoms with Crippen LogP contribution in [-0.4, -0.2) is 57.0 Å². The molecule has 0 atom stereocenters. The summed E-state index contributed by atoms with van der Waals surface area (Å²) in [5.74, 6) is -3.73. The van der Waals surface area contributed by atoms with Gasteiger partial charge in [-0.15, -0.1) is 0 Å². The van der Waals surface area contributed by atoms with Gasteiger partial charge in [-0.25, -0.2) is 9.59 Å². The van der Waals surface area contributed by atoms with Crippen LogP contribution in [0.3, 0.4) is 0 Å². The van der Waals surface area contributed by atoms with Gasteiger partial charge in [-0.2, -0.15) is 0 Å². The van der Waals surface area contributed by atoms with Gasteiger partial charge in [-0.05, 0) is 51.1 Å². The Kier molecular flexibility index (Phi) is 18.3. The average molecular weight is 427 g/mol. The molecule has 0 spiro atoms. The standard InChI is InChI=1S/2C8H10O4S.Mg/c2*1-5(2)8(11)12-7(13)4-3-6(9)10;/h2*1,3-4H2,2H3,(H,9,10);/q;;+2/p-2. The Bertz CT molecular complexity index is 574. The molecule has 0 bridgehead atoms. The van der Waals surface area contributed by atoms with Crippen LogP contribution in [0.2, 0.25) is 0 Å². The number of rotatable bonds is 8. The molecular weight excluding hydrogens is 409 g/mol. The average Bonchev–Trinajstić information content (AvgIpc) is 2.51. The maximum Gasteiger partial charge on any atom is 2.00 e. The summed E-state index contributed by atoms with van der Waals surface area (Å²) in [6.45, 7) is 9.63. The van der Waals surface area contributed by atoms with E-state index in [1.807, 2.05) is 0 Å². The van der Waals surface area contributed by atoms with E-state index in [9.17, 15) is 29.4 Å². The predicted molar refractivity (Wildman–Crippen MR) is 101 cm³/mol. The molecule has 0 aromatic rings. The molecule has 0 aromatic heterocycles. The van der Waals surface area contributed by atoms with E-state index in [-0.39, 0.29) is 70.0 Å². The van der Waals surface area contributed by atoms with Gasteiger partial charge in [0.15, 0.2) is 10.1 Å². The van der Waals surface area contributed by atoms with Gasteiger partial charge in [-0.3, -0.25) is 0 Å². The predicted octanol–water partition coefficient (Wildman–Crippen LogP) is -0.454. The van der Waals surface area contributed by atoms with Crippen LogP contribution in [0.15, 0.2) is 24.3 Å². The Labute approximate surface area is 183 Å². The number of esters is 2. The normalized spacial score (nSPS) is 8.67. The maximum atomic E-state index is 10.8. The number of carboxylic acids is 2. The minimum absolute atomic E-state index is 0. The second-order valence-corrected chi connectivity index (χ2v) is 5.74. The molecule has 0 radical (unpaired) electrons. The molecule has 0 saturated heterocycles. The molecule has 11 heteroatoms.